The molecule has 0 bridgehead atoms. The molecule has 1 heterocycles. The van der Waals surface area contributed by atoms with Crippen LogP contribution in [0.4, 0.5) is 5.69 Å². The van der Waals surface area contributed by atoms with Gasteiger partial charge in [-0.15, -0.1) is 0 Å². The highest BCUT2D eigenvalue weighted by atomic mass is 15.3. The largest absolute Gasteiger partial charge is 0.369 e. The second-order valence-electron chi connectivity index (χ2n) is 6.15. The number of nitriles is 1. The minimum Gasteiger partial charge on any atom is -0.369 e. The molecule has 0 aliphatic carbocycles. The first-order valence-corrected chi connectivity index (χ1v) is 7.56. The van der Waals surface area contributed by atoms with Crippen LogP contribution in [0.2, 0.25) is 0 Å². The third-order valence-electron chi connectivity index (χ3n) is 4.19. The van der Waals surface area contributed by atoms with Crippen LogP contribution >= 0.6 is 0 Å². The molecule has 1 saturated heterocycles. The van der Waals surface area contributed by atoms with Gasteiger partial charge in [0, 0.05) is 37.9 Å². The van der Waals surface area contributed by atoms with Gasteiger partial charge in [-0.2, -0.15) is 5.26 Å². The van der Waals surface area contributed by atoms with Crippen LogP contribution in [0, 0.1) is 11.3 Å². The van der Waals surface area contributed by atoms with Crippen LogP contribution in [0.25, 0.3) is 0 Å². The van der Waals surface area contributed by atoms with Crippen molar-refractivity contribution < 1.29 is 0 Å². The topological polar surface area (TPSA) is 30.3 Å². The molecule has 3 nitrogen and oxygen atoms in total. The summed E-state index contributed by atoms with van der Waals surface area (Å²) in [6, 6.07) is 9.31. The molecule has 2 rings (SSSR count). The zero-order chi connectivity index (χ0) is 14.7. The van der Waals surface area contributed by atoms with Gasteiger partial charge in [0.15, 0.2) is 0 Å². The van der Waals surface area contributed by atoms with Gasteiger partial charge in [0.1, 0.15) is 0 Å². The lowest BCUT2D eigenvalue weighted by Gasteiger charge is -2.38. The predicted octanol–water partition coefficient (Wildman–Crippen LogP) is 3.21. The van der Waals surface area contributed by atoms with E-state index in [1.165, 1.54) is 5.69 Å². The Labute approximate surface area is 122 Å². The minimum absolute atomic E-state index is 0.400. The van der Waals surface area contributed by atoms with E-state index in [0.29, 0.717) is 12.0 Å². The summed E-state index contributed by atoms with van der Waals surface area (Å²) >= 11 is 0. The smallest absolute Gasteiger partial charge is 0.0995 e. The highest BCUT2D eigenvalue weighted by Crippen LogP contribution is 2.25. The first-order chi connectivity index (χ1) is 9.52. The van der Waals surface area contributed by atoms with E-state index in [1.807, 2.05) is 0 Å². The second kappa shape index (κ2) is 6.28. The Morgan fingerprint density at radius 2 is 1.70 bits per heavy atom. The van der Waals surface area contributed by atoms with E-state index in [0.717, 1.165) is 37.3 Å². The first-order valence-electron chi connectivity index (χ1n) is 7.56. The molecular formula is C17H25N3. The van der Waals surface area contributed by atoms with E-state index >= 15 is 0 Å². The van der Waals surface area contributed by atoms with Crippen LogP contribution < -0.4 is 4.90 Å². The van der Waals surface area contributed by atoms with Gasteiger partial charge in [0.2, 0.25) is 0 Å². The molecule has 1 aromatic rings. The molecule has 0 amide bonds. The molecule has 0 unspecified atom stereocenters. The molecule has 0 N–H and O–H groups in total. The zero-order valence-electron chi connectivity index (χ0n) is 13.1. The standard InChI is InChI=1S/C17H25N3/c1-13(2)17-6-5-16(11-15(17)12-18)20-9-7-19(8-10-20)14(3)4/h5-6,11,13-14H,7-10H2,1-4H3. The van der Waals surface area contributed by atoms with Crippen LogP contribution in [0.5, 0.6) is 0 Å². The van der Waals surface area contributed by atoms with Gasteiger partial charge < -0.3 is 4.90 Å². The van der Waals surface area contributed by atoms with Crippen molar-refractivity contribution in [3.8, 4) is 6.07 Å². The van der Waals surface area contributed by atoms with E-state index < -0.39 is 0 Å². The summed E-state index contributed by atoms with van der Waals surface area (Å²) in [6.45, 7) is 13.1. The van der Waals surface area contributed by atoms with Gasteiger partial charge in [-0.05, 0) is 37.5 Å². The molecule has 0 radical (unpaired) electrons. The van der Waals surface area contributed by atoms with Gasteiger partial charge >= 0.3 is 0 Å². The number of benzene rings is 1. The van der Waals surface area contributed by atoms with Crippen molar-refractivity contribution in [3.63, 3.8) is 0 Å². The zero-order valence-corrected chi connectivity index (χ0v) is 13.1. The Bertz CT molecular complexity index is 491. The fourth-order valence-corrected chi connectivity index (χ4v) is 2.84. The molecule has 1 fully saturated rings. The number of hydrogen-bond donors (Lipinski definition) is 0. The van der Waals surface area contributed by atoms with Crippen LogP contribution in [0.1, 0.15) is 44.7 Å². The third kappa shape index (κ3) is 3.13. The number of piperazine rings is 1. The van der Waals surface area contributed by atoms with Gasteiger partial charge in [-0.3, -0.25) is 4.90 Å². The van der Waals surface area contributed by atoms with Gasteiger partial charge in [-0.1, -0.05) is 19.9 Å². The molecule has 3 heteroatoms. The molecule has 20 heavy (non-hydrogen) atoms. The maximum atomic E-state index is 9.33. The van der Waals surface area contributed by atoms with Crippen molar-refractivity contribution in [2.75, 3.05) is 31.1 Å². The van der Waals surface area contributed by atoms with Crippen LogP contribution in [-0.2, 0) is 0 Å². The molecular weight excluding hydrogens is 246 g/mol. The maximum Gasteiger partial charge on any atom is 0.0995 e. The molecule has 1 aromatic carbocycles. The monoisotopic (exact) mass is 271 g/mol. The summed E-state index contributed by atoms with van der Waals surface area (Å²) < 4.78 is 0. The van der Waals surface area contributed by atoms with E-state index in [9.17, 15) is 5.26 Å². The molecule has 1 aliphatic heterocycles. The Balaban J connectivity index is 2.13. The maximum absolute atomic E-state index is 9.33. The van der Waals surface area contributed by atoms with Crippen molar-refractivity contribution in [2.24, 2.45) is 0 Å². The Hall–Kier alpha value is -1.53. The fourth-order valence-electron chi connectivity index (χ4n) is 2.84. The summed E-state index contributed by atoms with van der Waals surface area (Å²) in [6.07, 6.45) is 0. The van der Waals surface area contributed by atoms with E-state index in [1.54, 1.807) is 0 Å². The highest BCUT2D eigenvalue weighted by molar-refractivity contribution is 5.55. The van der Waals surface area contributed by atoms with Gasteiger partial charge in [0.05, 0.1) is 11.6 Å². The minimum atomic E-state index is 0.400. The normalized spacial score (nSPS) is 16.8. The quantitative estimate of drug-likeness (QED) is 0.845. The van der Waals surface area contributed by atoms with Crippen molar-refractivity contribution in [2.45, 2.75) is 39.7 Å². The first kappa shape index (κ1) is 14.9. The SMILES string of the molecule is CC(C)c1ccc(N2CCN(C(C)C)CC2)cc1C#N. The van der Waals surface area contributed by atoms with Crippen LogP contribution in [0.15, 0.2) is 18.2 Å². The molecule has 0 saturated carbocycles. The number of hydrogen-bond acceptors (Lipinski definition) is 3. The fraction of sp³-hybridized carbons (Fsp3) is 0.588. The molecule has 0 spiro atoms. The van der Waals surface area contributed by atoms with Crippen molar-refractivity contribution in [1.82, 2.24) is 4.90 Å². The lowest BCUT2D eigenvalue weighted by Crippen LogP contribution is -2.48. The van der Waals surface area contributed by atoms with Gasteiger partial charge in [0.25, 0.3) is 0 Å². The van der Waals surface area contributed by atoms with Crippen LogP contribution in [-0.4, -0.2) is 37.1 Å². The van der Waals surface area contributed by atoms with Crippen molar-refractivity contribution in [3.05, 3.63) is 29.3 Å². The number of rotatable bonds is 3. The van der Waals surface area contributed by atoms with E-state index in [2.05, 4.69) is 61.8 Å². The number of nitrogens with zero attached hydrogens (tertiary/aromatic N) is 3. The molecule has 108 valence electrons. The van der Waals surface area contributed by atoms with E-state index in [-0.39, 0.29) is 0 Å². The van der Waals surface area contributed by atoms with Gasteiger partial charge in [-0.25, -0.2) is 0 Å². The Kier molecular flexibility index (Phi) is 4.67. The summed E-state index contributed by atoms with van der Waals surface area (Å²) in [7, 11) is 0. The summed E-state index contributed by atoms with van der Waals surface area (Å²) in [5.41, 5.74) is 3.16. The predicted molar refractivity (Wildman–Crippen MR) is 84.2 cm³/mol. The Morgan fingerprint density at radius 1 is 1.05 bits per heavy atom. The lowest BCUT2D eigenvalue weighted by molar-refractivity contribution is 0.209. The molecule has 0 atom stereocenters. The highest BCUT2D eigenvalue weighted by Gasteiger charge is 2.19. The molecule has 1 aliphatic rings. The van der Waals surface area contributed by atoms with Crippen LogP contribution in [0.3, 0.4) is 0 Å². The second-order valence-corrected chi connectivity index (χ2v) is 6.15. The lowest BCUT2D eigenvalue weighted by atomic mass is 9.97. The molecule has 0 aromatic heterocycles. The van der Waals surface area contributed by atoms with Crippen molar-refractivity contribution >= 4 is 5.69 Å². The number of anilines is 1. The Morgan fingerprint density at radius 3 is 2.20 bits per heavy atom. The summed E-state index contributed by atoms with van der Waals surface area (Å²) in [5, 5.41) is 9.33. The van der Waals surface area contributed by atoms with Crippen molar-refractivity contribution in [1.29, 1.82) is 5.26 Å². The summed E-state index contributed by atoms with van der Waals surface area (Å²) in [4.78, 5) is 4.90. The average Bonchev–Trinajstić information content (AvgIpc) is 2.46. The third-order valence-corrected chi connectivity index (χ3v) is 4.19. The van der Waals surface area contributed by atoms with E-state index in [4.69, 9.17) is 0 Å². The average molecular weight is 271 g/mol. The summed E-state index contributed by atoms with van der Waals surface area (Å²) in [5.74, 6) is 0.400.